The van der Waals surface area contributed by atoms with E-state index in [9.17, 15) is 8.42 Å². The SMILES string of the molecule is N#Cc1ccc(S(=O)(=O)Nc2cccc3ccncc23)s1. The molecule has 7 heteroatoms. The Bertz CT molecular complexity index is 950. The Balaban J connectivity index is 2.04. The largest absolute Gasteiger partial charge is 0.278 e. The predicted octanol–water partition coefficient (Wildman–Crippen LogP) is 2.97. The maximum Gasteiger partial charge on any atom is 0.271 e. The fourth-order valence-electron chi connectivity index (χ4n) is 1.92. The van der Waals surface area contributed by atoms with Gasteiger partial charge in [0.2, 0.25) is 0 Å². The van der Waals surface area contributed by atoms with Crippen LogP contribution < -0.4 is 4.72 Å². The molecule has 0 amide bonds. The first kappa shape index (κ1) is 13.5. The number of nitrogens with zero attached hydrogens (tertiary/aromatic N) is 2. The van der Waals surface area contributed by atoms with E-state index in [0.717, 1.165) is 22.1 Å². The van der Waals surface area contributed by atoms with Gasteiger partial charge < -0.3 is 0 Å². The number of sulfonamides is 1. The van der Waals surface area contributed by atoms with Crippen LogP contribution in [0.1, 0.15) is 4.88 Å². The number of aromatic nitrogens is 1. The molecule has 21 heavy (non-hydrogen) atoms. The molecule has 0 bridgehead atoms. The van der Waals surface area contributed by atoms with Crippen molar-refractivity contribution in [2.45, 2.75) is 4.21 Å². The van der Waals surface area contributed by atoms with Gasteiger partial charge in [-0.15, -0.1) is 11.3 Å². The van der Waals surface area contributed by atoms with Gasteiger partial charge in [0.15, 0.2) is 0 Å². The molecule has 0 radical (unpaired) electrons. The normalized spacial score (nSPS) is 11.2. The van der Waals surface area contributed by atoms with Crippen molar-refractivity contribution in [2.24, 2.45) is 0 Å². The van der Waals surface area contributed by atoms with Crippen LogP contribution in [0.5, 0.6) is 0 Å². The molecular weight excluding hydrogens is 306 g/mol. The summed E-state index contributed by atoms with van der Waals surface area (Å²) in [5.41, 5.74) is 0.465. The number of nitriles is 1. The van der Waals surface area contributed by atoms with E-state index in [1.54, 1.807) is 24.5 Å². The molecule has 104 valence electrons. The second-order valence-corrected chi connectivity index (χ2v) is 7.23. The molecule has 1 aromatic carbocycles. The molecule has 0 saturated carbocycles. The van der Waals surface area contributed by atoms with Gasteiger partial charge in [-0.05, 0) is 29.7 Å². The van der Waals surface area contributed by atoms with Gasteiger partial charge in [0.25, 0.3) is 10.0 Å². The van der Waals surface area contributed by atoms with Crippen molar-refractivity contribution in [3.63, 3.8) is 0 Å². The van der Waals surface area contributed by atoms with E-state index in [4.69, 9.17) is 5.26 Å². The maximum absolute atomic E-state index is 12.3. The lowest BCUT2D eigenvalue weighted by Crippen LogP contribution is -2.11. The first-order valence-corrected chi connectivity index (χ1v) is 8.25. The van der Waals surface area contributed by atoms with Crippen LogP contribution in [0.2, 0.25) is 0 Å². The molecule has 3 aromatic rings. The second-order valence-electron chi connectivity index (χ2n) is 4.24. The maximum atomic E-state index is 12.3. The average Bonchev–Trinajstić information content (AvgIpc) is 2.97. The van der Waals surface area contributed by atoms with Crippen LogP contribution in [0.15, 0.2) is 53.0 Å². The van der Waals surface area contributed by atoms with Crippen LogP contribution in [0.3, 0.4) is 0 Å². The van der Waals surface area contributed by atoms with Crippen molar-refractivity contribution in [2.75, 3.05) is 4.72 Å². The Kier molecular flexibility index (Phi) is 3.33. The first-order chi connectivity index (χ1) is 10.1. The zero-order chi connectivity index (χ0) is 14.9. The van der Waals surface area contributed by atoms with Crippen LogP contribution in [0.4, 0.5) is 5.69 Å². The lowest BCUT2D eigenvalue weighted by molar-refractivity contribution is 0.603. The number of rotatable bonds is 3. The second kappa shape index (κ2) is 5.16. The zero-order valence-electron chi connectivity index (χ0n) is 10.6. The van der Waals surface area contributed by atoms with Gasteiger partial charge >= 0.3 is 0 Å². The van der Waals surface area contributed by atoms with Crippen LogP contribution >= 0.6 is 11.3 Å². The number of hydrogen-bond donors (Lipinski definition) is 1. The molecule has 0 atom stereocenters. The van der Waals surface area contributed by atoms with Crippen molar-refractivity contribution in [1.29, 1.82) is 5.26 Å². The fourth-order valence-corrected chi connectivity index (χ4v) is 4.11. The Labute approximate surface area is 125 Å². The van der Waals surface area contributed by atoms with Gasteiger partial charge in [0.1, 0.15) is 15.2 Å². The van der Waals surface area contributed by atoms with E-state index < -0.39 is 10.0 Å². The van der Waals surface area contributed by atoms with Crippen LogP contribution in [-0.4, -0.2) is 13.4 Å². The summed E-state index contributed by atoms with van der Waals surface area (Å²) in [6.07, 6.45) is 3.27. The van der Waals surface area contributed by atoms with Gasteiger partial charge in [-0.1, -0.05) is 12.1 Å². The summed E-state index contributed by atoms with van der Waals surface area (Å²) >= 11 is 0.937. The Morgan fingerprint density at radius 1 is 1.19 bits per heavy atom. The van der Waals surface area contributed by atoms with Crippen molar-refractivity contribution < 1.29 is 8.42 Å². The minimum absolute atomic E-state index is 0.111. The minimum Gasteiger partial charge on any atom is -0.278 e. The van der Waals surface area contributed by atoms with E-state index in [1.165, 1.54) is 12.1 Å². The van der Waals surface area contributed by atoms with Crippen LogP contribution in [0.25, 0.3) is 10.8 Å². The minimum atomic E-state index is -3.70. The Hall–Kier alpha value is -2.43. The summed E-state index contributed by atoms with van der Waals surface area (Å²) in [6, 6.07) is 12.0. The molecule has 0 aliphatic heterocycles. The molecule has 0 aliphatic rings. The highest BCUT2D eigenvalue weighted by Gasteiger charge is 2.18. The highest BCUT2D eigenvalue weighted by molar-refractivity contribution is 7.94. The van der Waals surface area contributed by atoms with Gasteiger partial charge in [0, 0.05) is 17.8 Å². The number of fused-ring (bicyclic) bond motifs is 1. The molecular formula is C14H9N3O2S2. The monoisotopic (exact) mass is 315 g/mol. The molecule has 2 heterocycles. The van der Waals surface area contributed by atoms with Gasteiger partial charge in [-0.2, -0.15) is 5.26 Å². The van der Waals surface area contributed by atoms with E-state index in [0.29, 0.717) is 10.6 Å². The van der Waals surface area contributed by atoms with Gasteiger partial charge in [-0.25, -0.2) is 8.42 Å². The summed E-state index contributed by atoms with van der Waals surface area (Å²) < 4.78 is 27.3. The lowest BCUT2D eigenvalue weighted by Gasteiger charge is -2.09. The summed E-state index contributed by atoms with van der Waals surface area (Å²) in [4.78, 5) is 4.37. The number of nitrogens with one attached hydrogen (secondary N) is 1. The van der Waals surface area contributed by atoms with Crippen molar-refractivity contribution in [1.82, 2.24) is 4.98 Å². The van der Waals surface area contributed by atoms with Gasteiger partial charge in [-0.3, -0.25) is 9.71 Å². The molecule has 0 spiro atoms. The molecule has 0 saturated heterocycles. The first-order valence-electron chi connectivity index (χ1n) is 5.96. The van der Waals surface area contributed by atoms with E-state index >= 15 is 0 Å². The van der Waals surface area contributed by atoms with E-state index in [2.05, 4.69) is 9.71 Å². The average molecular weight is 315 g/mol. The Morgan fingerprint density at radius 3 is 2.81 bits per heavy atom. The summed E-state index contributed by atoms with van der Waals surface area (Å²) in [7, 11) is -3.70. The van der Waals surface area contributed by atoms with E-state index in [1.807, 2.05) is 18.2 Å². The summed E-state index contributed by atoms with van der Waals surface area (Å²) in [6.45, 7) is 0. The summed E-state index contributed by atoms with van der Waals surface area (Å²) in [5.74, 6) is 0. The third-order valence-corrected chi connectivity index (χ3v) is 5.73. The molecule has 1 N–H and O–H groups in total. The molecule has 2 aromatic heterocycles. The quantitative estimate of drug-likeness (QED) is 0.805. The molecule has 0 unspecified atom stereocenters. The fraction of sp³-hybridized carbons (Fsp3) is 0. The number of anilines is 1. The molecule has 0 fully saturated rings. The molecule has 5 nitrogen and oxygen atoms in total. The smallest absolute Gasteiger partial charge is 0.271 e. The number of hydrogen-bond acceptors (Lipinski definition) is 5. The van der Waals surface area contributed by atoms with Gasteiger partial charge in [0.05, 0.1) is 5.69 Å². The number of thiophene rings is 1. The van der Waals surface area contributed by atoms with Crippen LogP contribution in [-0.2, 0) is 10.0 Å². The highest BCUT2D eigenvalue weighted by Crippen LogP contribution is 2.27. The standard InChI is InChI=1S/C14H9N3O2S2/c15-8-11-4-5-14(20-11)21(18,19)17-13-3-1-2-10-6-7-16-9-12(10)13/h1-7,9,17H. The molecule has 0 aliphatic carbocycles. The third kappa shape index (κ3) is 2.59. The highest BCUT2D eigenvalue weighted by atomic mass is 32.2. The Morgan fingerprint density at radius 2 is 2.05 bits per heavy atom. The topological polar surface area (TPSA) is 82.8 Å². The van der Waals surface area contributed by atoms with Crippen molar-refractivity contribution in [3.8, 4) is 6.07 Å². The number of benzene rings is 1. The summed E-state index contributed by atoms with van der Waals surface area (Å²) in [5, 5.41) is 10.4. The van der Waals surface area contributed by atoms with Crippen LogP contribution in [0, 0.1) is 11.3 Å². The number of pyridine rings is 1. The van der Waals surface area contributed by atoms with Crippen molar-refractivity contribution in [3.05, 3.63) is 53.7 Å². The lowest BCUT2D eigenvalue weighted by atomic mass is 10.1. The zero-order valence-corrected chi connectivity index (χ0v) is 12.3. The van der Waals surface area contributed by atoms with Crippen molar-refractivity contribution >= 4 is 37.8 Å². The molecule has 3 rings (SSSR count). The predicted molar refractivity (Wildman–Crippen MR) is 81.6 cm³/mol. The third-order valence-electron chi connectivity index (χ3n) is 2.88. The van der Waals surface area contributed by atoms with E-state index in [-0.39, 0.29) is 4.21 Å².